The van der Waals surface area contributed by atoms with E-state index >= 15 is 0 Å². The summed E-state index contributed by atoms with van der Waals surface area (Å²) in [6, 6.07) is 16.4. The first-order valence-corrected chi connectivity index (χ1v) is 13.7. The Morgan fingerprint density at radius 2 is 1.22 bits per heavy atom. The molecule has 0 nitrogen and oxygen atoms in total. The van der Waals surface area contributed by atoms with Gasteiger partial charge in [-0.25, -0.2) is 0 Å². The van der Waals surface area contributed by atoms with E-state index in [-0.39, 0.29) is 0 Å². The predicted molar refractivity (Wildman–Crippen MR) is 156 cm³/mol. The van der Waals surface area contributed by atoms with E-state index in [1.807, 2.05) is 24.3 Å². The van der Waals surface area contributed by atoms with Crippen molar-refractivity contribution in [3.63, 3.8) is 0 Å². The Morgan fingerprint density at radius 1 is 0.750 bits per heavy atom. The standard InChI is InChI=1S/C8H9Cl.C8H10.C8H18.C5H12.CH4S/c1-6-3-4-8(9)5-7(6)2;1-2-8-6-4-3-5-7-8;1-4-6-8(3)7-5-2;1-4-5(2)3;1-2/h3-5H,1-2H3;3-7H,2H2,1H3;8H,4-7H2,1-3H3;5H,4H2,1-3H3;2H,1H3. The predicted octanol–water partition coefficient (Wildman–Crippen LogP) is 11.0. The second kappa shape index (κ2) is 26.3. The molecule has 0 aliphatic carbocycles. The summed E-state index contributed by atoms with van der Waals surface area (Å²) in [5.74, 6) is 1.85. The van der Waals surface area contributed by atoms with Crippen LogP contribution in [0.2, 0.25) is 5.02 Å². The molecule has 0 aliphatic rings. The minimum absolute atomic E-state index is 0.818. The van der Waals surface area contributed by atoms with Crippen LogP contribution in [-0.2, 0) is 6.42 Å². The summed E-state index contributed by atoms with van der Waals surface area (Å²) >= 11 is 9.24. The van der Waals surface area contributed by atoms with Gasteiger partial charge in [-0.1, -0.05) is 129 Å². The van der Waals surface area contributed by atoms with Gasteiger partial charge < -0.3 is 0 Å². The first-order valence-electron chi connectivity index (χ1n) is 12.4. The van der Waals surface area contributed by atoms with Crippen LogP contribution in [0, 0.1) is 25.7 Å². The lowest BCUT2D eigenvalue weighted by molar-refractivity contribution is 0.480. The van der Waals surface area contributed by atoms with E-state index in [4.69, 9.17) is 11.6 Å². The molecule has 2 rings (SSSR count). The summed E-state index contributed by atoms with van der Waals surface area (Å²) in [5.41, 5.74) is 3.95. The van der Waals surface area contributed by atoms with Crippen molar-refractivity contribution in [1.29, 1.82) is 0 Å². The Bertz CT molecular complexity index is 601. The number of hydrogen-bond acceptors (Lipinski definition) is 1. The highest BCUT2D eigenvalue weighted by atomic mass is 35.5. The van der Waals surface area contributed by atoms with Crippen LogP contribution in [0.25, 0.3) is 0 Å². The van der Waals surface area contributed by atoms with Crippen molar-refractivity contribution in [3.8, 4) is 0 Å². The molecule has 0 bridgehead atoms. The van der Waals surface area contributed by atoms with Crippen molar-refractivity contribution in [2.75, 3.05) is 6.26 Å². The third kappa shape index (κ3) is 25.3. The lowest BCUT2D eigenvalue weighted by Gasteiger charge is -2.05. The molecular weight excluding hydrogens is 428 g/mol. The normalized spacial score (nSPS) is 9.31. The third-order valence-corrected chi connectivity index (χ3v) is 5.33. The number of halogens is 1. The van der Waals surface area contributed by atoms with Crippen LogP contribution < -0.4 is 0 Å². The average molecular weight is 481 g/mol. The number of benzene rings is 2. The maximum Gasteiger partial charge on any atom is 0.0408 e. The Labute approximate surface area is 213 Å². The van der Waals surface area contributed by atoms with E-state index in [0.717, 1.165) is 23.3 Å². The molecule has 0 saturated heterocycles. The molecule has 32 heavy (non-hydrogen) atoms. The molecule has 0 N–H and O–H groups in total. The Kier molecular flexibility index (Phi) is 29.3. The van der Waals surface area contributed by atoms with Crippen LogP contribution in [-0.4, -0.2) is 6.26 Å². The molecule has 0 unspecified atom stereocenters. The molecule has 2 heteroatoms. The van der Waals surface area contributed by atoms with Crippen LogP contribution in [0.1, 0.15) is 97.3 Å². The molecule has 0 radical (unpaired) electrons. The van der Waals surface area contributed by atoms with Crippen molar-refractivity contribution >= 4 is 24.2 Å². The molecule has 0 spiro atoms. The second-order valence-corrected chi connectivity index (χ2v) is 8.99. The smallest absolute Gasteiger partial charge is 0.0408 e. The molecule has 0 heterocycles. The molecule has 0 saturated carbocycles. The molecule has 0 amide bonds. The van der Waals surface area contributed by atoms with Crippen molar-refractivity contribution in [2.45, 2.75) is 101 Å². The zero-order valence-electron chi connectivity index (χ0n) is 22.8. The zero-order valence-corrected chi connectivity index (χ0v) is 24.5. The summed E-state index contributed by atoms with van der Waals surface area (Å²) in [6.45, 7) is 19.8. The molecule has 2 aromatic rings. The summed E-state index contributed by atoms with van der Waals surface area (Å²) < 4.78 is 0. The van der Waals surface area contributed by atoms with Crippen LogP contribution in [0.5, 0.6) is 0 Å². The quantitative estimate of drug-likeness (QED) is 0.390. The number of rotatable bonds is 6. The van der Waals surface area contributed by atoms with E-state index in [9.17, 15) is 0 Å². The molecular formula is C30H53ClS. The lowest BCUT2D eigenvalue weighted by atomic mass is 10.0. The van der Waals surface area contributed by atoms with Crippen molar-refractivity contribution in [3.05, 3.63) is 70.2 Å². The van der Waals surface area contributed by atoms with Crippen LogP contribution in [0.4, 0.5) is 0 Å². The SMILES string of the molecule is CCC(C)C.CCCC(C)CCC.CCc1ccccc1.CS.Cc1ccc(Cl)cc1C. The van der Waals surface area contributed by atoms with Crippen LogP contribution in [0.3, 0.4) is 0 Å². The fourth-order valence-electron chi connectivity index (χ4n) is 2.55. The van der Waals surface area contributed by atoms with E-state index in [1.54, 1.807) is 6.26 Å². The van der Waals surface area contributed by atoms with Gasteiger partial charge in [-0.2, -0.15) is 12.6 Å². The van der Waals surface area contributed by atoms with Crippen molar-refractivity contribution in [2.24, 2.45) is 11.8 Å². The highest BCUT2D eigenvalue weighted by molar-refractivity contribution is 7.79. The maximum absolute atomic E-state index is 5.72. The molecule has 0 aliphatic heterocycles. The second-order valence-electron chi connectivity index (χ2n) is 8.55. The zero-order chi connectivity index (χ0) is 25.4. The third-order valence-electron chi connectivity index (χ3n) is 5.10. The van der Waals surface area contributed by atoms with Gasteiger partial charge in [0.25, 0.3) is 0 Å². The van der Waals surface area contributed by atoms with E-state index in [2.05, 4.69) is 99.2 Å². The largest absolute Gasteiger partial charge is 0.183 e. The van der Waals surface area contributed by atoms with Gasteiger partial charge in [0.15, 0.2) is 0 Å². The number of thiol groups is 1. The Morgan fingerprint density at radius 3 is 1.50 bits per heavy atom. The minimum atomic E-state index is 0.818. The molecule has 2 aromatic carbocycles. The van der Waals surface area contributed by atoms with Gasteiger partial charge in [-0.3, -0.25) is 0 Å². The lowest BCUT2D eigenvalue weighted by Crippen LogP contribution is -1.91. The van der Waals surface area contributed by atoms with Gasteiger partial charge in [0.1, 0.15) is 0 Å². The van der Waals surface area contributed by atoms with Crippen molar-refractivity contribution in [1.82, 2.24) is 0 Å². The average Bonchev–Trinajstić information content (AvgIpc) is 2.80. The fourth-order valence-corrected chi connectivity index (χ4v) is 2.78. The highest BCUT2D eigenvalue weighted by Crippen LogP contribution is 2.13. The molecule has 186 valence electrons. The van der Waals surface area contributed by atoms with Crippen LogP contribution >= 0.6 is 24.2 Å². The summed E-state index contributed by atoms with van der Waals surface area (Å²) in [5, 5.41) is 0.818. The molecule has 0 aromatic heterocycles. The first kappa shape index (κ1) is 35.7. The molecule has 0 atom stereocenters. The summed E-state index contributed by atoms with van der Waals surface area (Å²) in [7, 11) is 0. The van der Waals surface area contributed by atoms with Gasteiger partial charge in [-0.05, 0) is 67.2 Å². The van der Waals surface area contributed by atoms with Gasteiger partial charge in [0, 0.05) is 5.02 Å². The van der Waals surface area contributed by atoms with Gasteiger partial charge in [-0.15, -0.1) is 0 Å². The Balaban J connectivity index is -0.000000347. The Hall–Kier alpha value is -0.920. The summed E-state index contributed by atoms with van der Waals surface area (Å²) in [4.78, 5) is 0. The monoisotopic (exact) mass is 480 g/mol. The van der Waals surface area contributed by atoms with E-state index in [0.29, 0.717) is 0 Å². The number of aryl methyl sites for hydroxylation is 3. The van der Waals surface area contributed by atoms with Gasteiger partial charge in [0.2, 0.25) is 0 Å². The summed E-state index contributed by atoms with van der Waals surface area (Å²) in [6.07, 6.45) is 9.66. The van der Waals surface area contributed by atoms with Crippen molar-refractivity contribution < 1.29 is 0 Å². The van der Waals surface area contributed by atoms with E-state index < -0.39 is 0 Å². The fraction of sp³-hybridized carbons (Fsp3) is 0.600. The van der Waals surface area contributed by atoms with E-state index in [1.165, 1.54) is 48.8 Å². The highest BCUT2D eigenvalue weighted by Gasteiger charge is 1.95. The maximum atomic E-state index is 5.72. The van der Waals surface area contributed by atoms with Gasteiger partial charge >= 0.3 is 0 Å². The van der Waals surface area contributed by atoms with Gasteiger partial charge in [0.05, 0.1) is 0 Å². The number of hydrogen-bond donors (Lipinski definition) is 1. The van der Waals surface area contributed by atoms with Crippen LogP contribution in [0.15, 0.2) is 48.5 Å². The minimum Gasteiger partial charge on any atom is -0.183 e. The first-order chi connectivity index (χ1) is 15.2. The topological polar surface area (TPSA) is 0 Å². The molecule has 0 fully saturated rings.